The van der Waals surface area contributed by atoms with Crippen molar-refractivity contribution in [2.45, 2.75) is 71.1 Å². The van der Waals surface area contributed by atoms with E-state index in [9.17, 15) is 9.18 Å². The maximum Gasteiger partial charge on any atom is 0.404 e. The van der Waals surface area contributed by atoms with Gasteiger partial charge >= 0.3 is 6.09 Å². The Labute approximate surface area is 201 Å². The van der Waals surface area contributed by atoms with Crippen LogP contribution in [0.5, 0.6) is 0 Å². The first-order valence-corrected chi connectivity index (χ1v) is 12.4. The molecule has 0 atom stereocenters. The second kappa shape index (κ2) is 10.8. The number of piperidine rings is 1. The van der Waals surface area contributed by atoms with Gasteiger partial charge in [-0.3, -0.25) is 0 Å². The SMILES string of the molecule is CON=Cc1c(COC(N)=O)n(C2CCN([C@H]3CC[C@@H](C(C)C)CC3)CC2)c2ccc(F)cc12. The molecule has 1 aromatic heterocycles. The molecule has 1 saturated carbocycles. The highest BCUT2D eigenvalue weighted by atomic mass is 19.1. The average Bonchev–Trinajstić information content (AvgIpc) is 3.13. The molecule has 8 heteroatoms. The van der Waals surface area contributed by atoms with Crippen molar-refractivity contribution in [3.05, 3.63) is 35.3 Å². The summed E-state index contributed by atoms with van der Waals surface area (Å²) >= 11 is 0. The highest BCUT2D eigenvalue weighted by Gasteiger charge is 2.32. The molecule has 0 spiro atoms. The first-order valence-electron chi connectivity index (χ1n) is 12.4. The van der Waals surface area contributed by atoms with E-state index in [-0.39, 0.29) is 18.5 Å². The minimum Gasteiger partial charge on any atom is -0.443 e. The fourth-order valence-electron chi connectivity index (χ4n) is 5.96. The summed E-state index contributed by atoms with van der Waals surface area (Å²) < 4.78 is 21.6. The van der Waals surface area contributed by atoms with Crippen molar-refractivity contribution in [2.24, 2.45) is 22.7 Å². The molecule has 1 saturated heterocycles. The molecule has 7 nitrogen and oxygen atoms in total. The van der Waals surface area contributed by atoms with E-state index >= 15 is 0 Å². The largest absolute Gasteiger partial charge is 0.443 e. The van der Waals surface area contributed by atoms with Gasteiger partial charge in [0, 0.05) is 41.6 Å². The Morgan fingerprint density at radius 1 is 1.18 bits per heavy atom. The number of halogens is 1. The van der Waals surface area contributed by atoms with Crippen molar-refractivity contribution in [1.29, 1.82) is 0 Å². The molecular formula is C26H37FN4O3. The van der Waals surface area contributed by atoms with E-state index < -0.39 is 6.09 Å². The van der Waals surface area contributed by atoms with E-state index in [1.165, 1.54) is 44.9 Å². The van der Waals surface area contributed by atoms with Crippen LogP contribution < -0.4 is 5.73 Å². The third-order valence-electron chi connectivity index (χ3n) is 7.81. The van der Waals surface area contributed by atoms with Crippen molar-refractivity contribution in [3.63, 3.8) is 0 Å². The standard InChI is InChI=1S/C26H37FN4O3/c1-17(2)18-4-7-20(8-5-18)30-12-10-21(11-13-30)31-24-9-6-19(27)14-22(24)23(15-29-33-3)25(31)16-34-26(28)32/h6,9,14-15,17-18,20-21H,4-5,7-8,10-13,16H2,1-3H3,(H2,28,32)/t18-,20+. The van der Waals surface area contributed by atoms with E-state index in [0.29, 0.717) is 11.6 Å². The molecule has 1 amide bonds. The Balaban J connectivity index is 1.58. The van der Waals surface area contributed by atoms with Gasteiger partial charge in [0.1, 0.15) is 19.5 Å². The van der Waals surface area contributed by atoms with Gasteiger partial charge < -0.3 is 24.8 Å². The molecule has 2 aromatic rings. The fraction of sp³-hybridized carbons (Fsp3) is 0.615. The highest BCUT2D eigenvalue weighted by molar-refractivity contribution is 6.01. The minimum absolute atomic E-state index is 0.00384. The van der Waals surface area contributed by atoms with E-state index in [4.69, 9.17) is 15.3 Å². The maximum atomic E-state index is 14.2. The lowest BCUT2D eigenvalue weighted by atomic mass is 9.79. The molecule has 0 radical (unpaired) electrons. The number of nitrogens with two attached hydrogens (primary N) is 1. The second-order valence-electron chi connectivity index (χ2n) is 10.00. The Morgan fingerprint density at radius 2 is 1.88 bits per heavy atom. The number of aromatic nitrogens is 1. The van der Waals surface area contributed by atoms with Gasteiger partial charge in [-0.15, -0.1) is 0 Å². The number of nitrogens with zero attached hydrogens (tertiary/aromatic N) is 3. The van der Waals surface area contributed by atoms with E-state index in [2.05, 4.69) is 28.5 Å². The van der Waals surface area contributed by atoms with Gasteiger partial charge in [0.05, 0.1) is 11.9 Å². The van der Waals surface area contributed by atoms with Crippen molar-refractivity contribution in [2.75, 3.05) is 20.2 Å². The number of carbonyl (C=O) groups excluding carboxylic acids is 1. The number of rotatable bonds is 7. The zero-order valence-electron chi connectivity index (χ0n) is 20.5. The summed E-state index contributed by atoms with van der Waals surface area (Å²) in [7, 11) is 1.46. The quantitative estimate of drug-likeness (QED) is 0.443. The van der Waals surface area contributed by atoms with Crippen LogP contribution in [-0.2, 0) is 16.2 Å². The van der Waals surface area contributed by atoms with Crippen LogP contribution in [0.1, 0.15) is 69.7 Å². The van der Waals surface area contributed by atoms with Crippen LogP contribution in [0, 0.1) is 17.7 Å². The minimum atomic E-state index is -0.843. The molecule has 34 heavy (non-hydrogen) atoms. The van der Waals surface area contributed by atoms with Gasteiger partial charge in [0.15, 0.2) is 0 Å². The smallest absolute Gasteiger partial charge is 0.404 e. The predicted molar refractivity (Wildman–Crippen MR) is 131 cm³/mol. The second-order valence-corrected chi connectivity index (χ2v) is 10.00. The number of hydrogen-bond donors (Lipinski definition) is 1. The van der Waals surface area contributed by atoms with E-state index in [1.807, 2.05) is 0 Å². The molecule has 4 rings (SSSR count). The first-order chi connectivity index (χ1) is 16.4. The molecule has 1 aliphatic heterocycles. The molecule has 2 fully saturated rings. The molecule has 1 aromatic carbocycles. The summed E-state index contributed by atoms with van der Waals surface area (Å²) in [6.45, 7) is 6.74. The van der Waals surface area contributed by atoms with Crippen LogP contribution in [0.25, 0.3) is 10.9 Å². The molecule has 1 aliphatic carbocycles. The molecule has 186 valence electrons. The van der Waals surface area contributed by atoms with Crippen LogP contribution in [0.15, 0.2) is 23.4 Å². The Hall–Kier alpha value is -2.61. The average molecular weight is 473 g/mol. The zero-order chi connectivity index (χ0) is 24.2. The number of benzene rings is 1. The van der Waals surface area contributed by atoms with Crippen LogP contribution in [0.2, 0.25) is 0 Å². The number of primary amides is 1. The van der Waals surface area contributed by atoms with Gasteiger partial charge in [-0.2, -0.15) is 0 Å². The van der Waals surface area contributed by atoms with E-state index in [0.717, 1.165) is 54.4 Å². The number of amides is 1. The van der Waals surface area contributed by atoms with Crippen molar-refractivity contribution in [3.8, 4) is 0 Å². The van der Waals surface area contributed by atoms with Crippen LogP contribution in [0.4, 0.5) is 9.18 Å². The van der Waals surface area contributed by atoms with Crippen molar-refractivity contribution >= 4 is 23.2 Å². The lowest BCUT2D eigenvalue weighted by Crippen LogP contribution is -2.44. The van der Waals surface area contributed by atoms with Crippen molar-refractivity contribution < 1.29 is 18.8 Å². The third-order valence-corrected chi connectivity index (χ3v) is 7.81. The number of ether oxygens (including phenoxy) is 1. The van der Waals surface area contributed by atoms with Gasteiger partial charge in [-0.1, -0.05) is 19.0 Å². The molecule has 2 aliphatic rings. The summed E-state index contributed by atoms with van der Waals surface area (Å²) in [5.74, 6) is 1.31. The van der Waals surface area contributed by atoms with Crippen molar-refractivity contribution in [1.82, 2.24) is 9.47 Å². The summed E-state index contributed by atoms with van der Waals surface area (Å²) in [6, 6.07) is 5.65. The van der Waals surface area contributed by atoms with E-state index in [1.54, 1.807) is 12.3 Å². The summed E-state index contributed by atoms with van der Waals surface area (Å²) in [6.07, 6.45) is 7.90. The molecule has 2 N–H and O–H groups in total. The summed E-state index contributed by atoms with van der Waals surface area (Å²) in [5.41, 5.74) is 7.62. The lowest BCUT2D eigenvalue weighted by Gasteiger charge is -2.42. The normalized spacial score (nSPS) is 22.6. The lowest BCUT2D eigenvalue weighted by molar-refractivity contribution is 0.0876. The maximum absolute atomic E-state index is 14.2. The van der Waals surface area contributed by atoms with Crippen LogP contribution >= 0.6 is 0 Å². The number of likely N-dealkylation sites (tertiary alicyclic amines) is 1. The van der Waals surface area contributed by atoms with Gasteiger partial charge in [0.25, 0.3) is 0 Å². The number of oxime groups is 1. The monoisotopic (exact) mass is 472 g/mol. The molecule has 0 unspecified atom stereocenters. The molecule has 0 bridgehead atoms. The summed E-state index contributed by atoms with van der Waals surface area (Å²) in [5, 5.41) is 4.64. The summed E-state index contributed by atoms with van der Waals surface area (Å²) in [4.78, 5) is 19.0. The van der Waals surface area contributed by atoms with Crippen LogP contribution in [-0.4, -0.2) is 48.0 Å². The Bertz CT molecular complexity index is 1020. The molecular weight excluding hydrogens is 435 g/mol. The van der Waals surface area contributed by atoms with Gasteiger partial charge in [-0.05, 0) is 68.6 Å². The highest BCUT2D eigenvalue weighted by Crippen LogP contribution is 2.37. The predicted octanol–water partition coefficient (Wildman–Crippen LogP) is 5.21. The first kappa shape index (κ1) is 24.5. The topological polar surface area (TPSA) is 82.1 Å². The van der Waals surface area contributed by atoms with Crippen LogP contribution in [0.3, 0.4) is 0 Å². The van der Waals surface area contributed by atoms with Gasteiger partial charge in [0.2, 0.25) is 0 Å². The molecule has 2 heterocycles. The Morgan fingerprint density at radius 3 is 2.50 bits per heavy atom. The Kier molecular flexibility index (Phi) is 7.76. The number of carbonyl (C=O) groups is 1. The number of fused-ring (bicyclic) bond motifs is 1. The fourth-order valence-corrected chi connectivity index (χ4v) is 5.96. The number of hydrogen-bond acceptors (Lipinski definition) is 5. The van der Waals surface area contributed by atoms with Gasteiger partial charge in [-0.25, -0.2) is 9.18 Å². The zero-order valence-corrected chi connectivity index (χ0v) is 20.5. The third kappa shape index (κ3) is 5.22.